The Morgan fingerprint density at radius 2 is 1.83 bits per heavy atom. The summed E-state index contributed by atoms with van der Waals surface area (Å²) in [6.07, 6.45) is 0.639. The van der Waals surface area contributed by atoms with Gasteiger partial charge in [-0.05, 0) is 41.8 Å². The summed E-state index contributed by atoms with van der Waals surface area (Å²) in [5.41, 5.74) is 3.10. The highest BCUT2D eigenvalue weighted by Crippen LogP contribution is 2.30. The Balaban J connectivity index is 2.38. The van der Waals surface area contributed by atoms with Gasteiger partial charge < -0.3 is 9.84 Å². The number of halogens is 1. The topological polar surface area (TPSA) is 29.5 Å². The van der Waals surface area contributed by atoms with Gasteiger partial charge in [0.05, 0.1) is 7.11 Å². The van der Waals surface area contributed by atoms with Crippen LogP contribution in [0.3, 0.4) is 0 Å². The van der Waals surface area contributed by atoms with E-state index in [1.54, 1.807) is 7.11 Å². The minimum absolute atomic E-state index is 0.143. The zero-order chi connectivity index (χ0) is 13.0. The molecule has 2 aromatic carbocycles. The molecular formula is C15H15ClO2. The van der Waals surface area contributed by atoms with Crippen LogP contribution in [0.15, 0.2) is 42.5 Å². The van der Waals surface area contributed by atoms with Gasteiger partial charge in [0.2, 0.25) is 0 Å². The number of aliphatic hydroxyl groups excluding tert-OH is 1. The third kappa shape index (κ3) is 2.84. The van der Waals surface area contributed by atoms with E-state index in [0.29, 0.717) is 11.4 Å². The van der Waals surface area contributed by atoms with E-state index < -0.39 is 0 Å². The van der Waals surface area contributed by atoms with Crippen molar-refractivity contribution in [2.45, 2.75) is 6.42 Å². The van der Waals surface area contributed by atoms with Gasteiger partial charge in [-0.3, -0.25) is 0 Å². The predicted molar refractivity (Wildman–Crippen MR) is 74.2 cm³/mol. The maximum atomic E-state index is 8.97. The van der Waals surface area contributed by atoms with Gasteiger partial charge in [0.25, 0.3) is 0 Å². The predicted octanol–water partition coefficient (Wildman–Crippen LogP) is 3.55. The lowest BCUT2D eigenvalue weighted by atomic mass is 10.0. The van der Waals surface area contributed by atoms with Crippen molar-refractivity contribution in [1.29, 1.82) is 0 Å². The lowest BCUT2D eigenvalue weighted by molar-refractivity contribution is 0.299. The van der Waals surface area contributed by atoms with E-state index in [-0.39, 0.29) is 6.61 Å². The van der Waals surface area contributed by atoms with Crippen LogP contribution >= 0.6 is 11.6 Å². The molecule has 1 N–H and O–H groups in total. The molecule has 0 bridgehead atoms. The van der Waals surface area contributed by atoms with Crippen LogP contribution in [0.1, 0.15) is 5.56 Å². The van der Waals surface area contributed by atoms with E-state index >= 15 is 0 Å². The molecule has 0 saturated heterocycles. The third-order valence-corrected chi connectivity index (χ3v) is 3.16. The molecule has 94 valence electrons. The highest BCUT2D eigenvalue weighted by molar-refractivity contribution is 6.33. The number of rotatable bonds is 4. The smallest absolute Gasteiger partial charge is 0.118 e. The van der Waals surface area contributed by atoms with Crippen molar-refractivity contribution in [3.05, 3.63) is 53.1 Å². The van der Waals surface area contributed by atoms with Gasteiger partial charge in [0.15, 0.2) is 0 Å². The molecule has 0 amide bonds. The summed E-state index contributed by atoms with van der Waals surface area (Å²) in [6, 6.07) is 13.6. The van der Waals surface area contributed by atoms with Crippen LogP contribution in [0, 0.1) is 0 Å². The molecule has 0 spiro atoms. The first kappa shape index (κ1) is 12.9. The molecule has 2 nitrogen and oxygen atoms in total. The normalized spacial score (nSPS) is 10.4. The van der Waals surface area contributed by atoms with Crippen LogP contribution in [0.4, 0.5) is 0 Å². The lowest BCUT2D eigenvalue weighted by Crippen LogP contribution is -1.91. The van der Waals surface area contributed by atoms with Crippen molar-refractivity contribution in [3.63, 3.8) is 0 Å². The first-order chi connectivity index (χ1) is 8.74. The van der Waals surface area contributed by atoms with Crippen molar-refractivity contribution in [1.82, 2.24) is 0 Å². The van der Waals surface area contributed by atoms with E-state index in [1.807, 2.05) is 42.5 Å². The fourth-order valence-corrected chi connectivity index (χ4v) is 2.08. The molecule has 0 aliphatic carbocycles. The summed E-state index contributed by atoms with van der Waals surface area (Å²) < 4.78 is 5.13. The second-order valence-electron chi connectivity index (χ2n) is 4.02. The van der Waals surface area contributed by atoms with Crippen LogP contribution in [0.25, 0.3) is 11.1 Å². The molecule has 0 fully saturated rings. The summed E-state index contributed by atoms with van der Waals surface area (Å²) in [4.78, 5) is 0. The molecule has 0 radical (unpaired) electrons. The van der Waals surface area contributed by atoms with Gasteiger partial charge in [-0.15, -0.1) is 0 Å². The molecule has 0 saturated carbocycles. The highest BCUT2D eigenvalue weighted by Gasteiger charge is 2.05. The largest absolute Gasteiger partial charge is 0.497 e. The fraction of sp³-hybridized carbons (Fsp3) is 0.200. The summed E-state index contributed by atoms with van der Waals surface area (Å²) >= 11 is 6.21. The SMILES string of the molecule is COc1ccc(-c2cc(CCO)ccc2Cl)cc1. The van der Waals surface area contributed by atoms with Gasteiger partial charge in [-0.2, -0.15) is 0 Å². The number of hydrogen-bond donors (Lipinski definition) is 1. The summed E-state index contributed by atoms with van der Waals surface area (Å²) in [5.74, 6) is 0.821. The number of aliphatic hydroxyl groups is 1. The summed E-state index contributed by atoms with van der Waals surface area (Å²) in [6.45, 7) is 0.143. The van der Waals surface area contributed by atoms with E-state index in [0.717, 1.165) is 22.4 Å². The van der Waals surface area contributed by atoms with Crippen molar-refractivity contribution in [2.75, 3.05) is 13.7 Å². The highest BCUT2D eigenvalue weighted by atomic mass is 35.5. The van der Waals surface area contributed by atoms with Gasteiger partial charge >= 0.3 is 0 Å². The zero-order valence-electron chi connectivity index (χ0n) is 10.2. The molecular weight excluding hydrogens is 248 g/mol. The van der Waals surface area contributed by atoms with E-state index in [4.69, 9.17) is 21.4 Å². The quantitative estimate of drug-likeness (QED) is 0.913. The van der Waals surface area contributed by atoms with Gasteiger partial charge in [0.1, 0.15) is 5.75 Å². The molecule has 0 heterocycles. The number of methoxy groups -OCH3 is 1. The van der Waals surface area contributed by atoms with Crippen molar-refractivity contribution in [2.24, 2.45) is 0 Å². The Hall–Kier alpha value is -1.51. The van der Waals surface area contributed by atoms with E-state index in [9.17, 15) is 0 Å². The molecule has 2 aromatic rings. The molecule has 0 aliphatic rings. The molecule has 18 heavy (non-hydrogen) atoms. The molecule has 3 heteroatoms. The monoisotopic (exact) mass is 262 g/mol. The first-order valence-electron chi connectivity index (χ1n) is 5.78. The number of benzene rings is 2. The van der Waals surface area contributed by atoms with Crippen LogP contribution in [0.2, 0.25) is 5.02 Å². The maximum Gasteiger partial charge on any atom is 0.118 e. The van der Waals surface area contributed by atoms with Gasteiger partial charge in [-0.25, -0.2) is 0 Å². The fourth-order valence-electron chi connectivity index (χ4n) is 1.85. The summed E-state index contributed by atoms with van der Waals surface area (Å²) in [5, 5.41) is 9.68. The minimum Gasteiger partial charge on any atom is -0.497 e. The Morgan fingerprint density at radius 1 is 1.11 bits per heavy atom. The maximum absolute atomic E-state index is 8.97. The van der Waals surface area contributed by atoms with Gasteiger partial charge in [-0.1, -0.05) is 29.8 Å². The van der Waals surface area contributed by atoms with Gasteiger partial charge in [0, 0.05) is 17.2 Å². The standard InChI is InChI=1S/C15H15ClO2/c1-18-13-5-3-12(4-6-13)14-10-11(8-9-17)2-7-15(14)16/h2-7,10,17H,8-9H2,1H3. The van der Waals surface area contributed by atoms with Crippen LogP contribution in [-0.2, 0) is 6.42 Å². The number of hydrogen-bond acceptors (Lipinski definition) is 2. The minimum atomic E-state index is 0.143. The Bertz CT molecular complexity index is 521. The molecule has 0 aliphatic heterocycles. The van der Waals surface area contributed by atoms with Crippen LogP contribution in [0.5, 0.6) is 5.75 Å². The second-order valence-corrected chi connectivity index (χ2v) is 4.42. The molecule has 0 unspecified atom stereocenters. The van der Waals surface area contributed by atoms with Crippen LogP contribution < -0.4 is 4.74 Å². The van der Waals surface area contributed by atoms with E-state index in [2.05, 4.69) is 0 Å². The average Bonchev–Trinajstić information content (AvgIpc) is 2.41. The first-order valence-corrected chi connectivity index (χ1v) is 6.16. The molecule has 2 rings (SSSR count). The zero-order valence-corrected chi connectivity index (χ0v) is 10.9. The Labute approximate surface area is 112 Å². The Morgan fingerprint density at radius 3 is 2.44 bits per heavy atom. The van der Waals surface area contributed by atoms with Crippen LogP contribution in [-0.4, -0.2) is 18.8 Å². The summed E-state index contributed by atoms with van der Waals surface area (Å²) in [7, 11) is 1.64. The van der Waals surface area contributed by atoms with E-state index in [1.165, 1.54) is 0 Å². The molecule has 0 atom stereocenters. The Kier molecular flexibility index (Phi) is 4.24. The van der Waals surface area contributed by atoms with Crippen molar-refractivity contribution < 1.29 is 9.84 Å². The number of ether oxygens (including phenoxy) is 1. The molecule has 0 aromatic heterocycles. The third-order valence-electron chi connectivity index (χ3n) is 2.83. The average molecular weight is 263 g/mol. The van der Waals surface area contributed by atoms with Crippen molar-refractivity contribution >= 4 is 11.6 Å². The lowest BCUT2D eigenvalue weighted by Gasteiger charge is -2.08. The second kappa shape index (κ2) is 5.89. The van der Waals surface area contributed by atoms with Crippen molar-refractivity contribution in [3.8, 4) is 16.9 Å².